The number of rotatable bonds is 3. The number of nitrogens with one attached hydrogen (secondary N) is 1. The normalized spacial score (nSPS) is 24.8. The second kappa shape index (κ2) is 5.14. The summed E-state index contributed by atoms with van der Waals surface area (Å²) in [7, 11) is -2.95. The molecule has 2 atom stereocenters. The standard InChI is InChI=1S/C12H16INO2S/c1-17(15,16)12-7-3-6-11(12)14-10-5-2-4-9(13)8-10/h2,4-5,8,11-12,14H,3,6-7H2,1H3. The molecule has 1 aliphatic rings. The van der Waals surface area contributed by atoms with Gasteiger partial charge in [-0.3, -0.25) is 0 Å². The van der Waals surface area contributed by atoms with E-state index in [-0.39, 0.29) is 11.3 Å². The Morgan fingerprint density at radius 3 is 2.76 bits per heavy atom. The Kier molecular flexibility index (Phi) is 3.97. The van der Waals surface area contributed by atoms with Crippen molar-refractivity contribution in [2.24, 2.45) is 0 Å². The summed E-state index contributed by atoms with van der Waals surface area (Å²) < 4.78 is 24.5. The smallest absolute Gasteiger partial charge is 0.152 e. The van der Waals surface area contributed by atoms with Gasteiger partial charge < -0.3 is 5.32 Å². The van der Waals surface area contributed by atoms with E-state index in [1.165, 1.54) is 6.26 Å². The van der Waals surface area contributed by atoms with E-state index in [1.54, 1.807) is 0 Å². The van der Waals surface area contributed by atoms with Crippen molar-refractivity contribution in [1.29, 1.82) is 0 Å². The van der Waals surface area contributed by atoms with Gasteiger partial charge in [0.25, 0.3) is 0 Å². The first-order valence-electron chi connectivity index (χ1n) is 5.68. The van der Waals surface area contributed by atoms with Gasteiger partial charge in [0.05, 0.1) is 5.25 Å². The average molecular weight is 365 g/mol. The fourth-order valence-corrected chi connectivity index (χ4v) is 4.33. The van der Waals surface area contributed by atoms with Crippen LogP contribution in [0.3, 0.4) is 0 Å². The first kappa shape index (κ1) is 13.1. The van der Waals surface area contributed by atoms with E-state index in [1.807, 2.05) is 24.3 Å². The summed E-state index contributed by atoms with van der Waals surface area (Å²) in [5.41, 5.74) is 1.01. The molecule has 2 unspecified atom stereocenters. The molecule has 94 valence electrons. The zero-order chi connectivity index (χ0) is 12.5. The van der Waals surface area contributed by atoms with Gasteiger partial charge in [-0.2, -0.15) is 0 Å². The number of hydrogen-bond donors (Lipinski definition) is 1. The maximum atomic E-state index is 11.7. The van der Waals surface area contributed by atoms with Crippen molar-refractivity contribution in [3.8, 4) is 0 Å². The van der Waals surface area contributed by atoms with Crippen molar-refractivity contribution in [1.82, 2.24) is 0 Å². The molecule has 0 saturated heterocycles. The molecule has 1 aromatic rings. The van der Waals surface area contributed by atoms with E-state index in [0.29, 0.717) is 0 Å². The summed E-state index contributed by atoms with van der Waals surface area (Å²) in [4.78, 5) is 0. The highest BCUT2D eigenvalue weighted by Gasteiger charge is 2.34. The van der Waals surface area contributed by atoms with Crippen molar-refractivity contribution < 1.29 is 8.42 Å². The Labute approximate surface area is 116 Å². The Morgan fingerprint density at radius 2 is 2.12 bits per heavy atom. The van der Waals surface area contributed by atoms with Crippen molar-refractivity contribution >= 4 is 38.1 Å². The third kappa shape index (κ3) is 3.34. The Bertz CT molecular complexity index is 501. The first-order chi connectivity index (χ1) is 7.97. The van der Waals surface area contributed by atoms with Crippen LogP contribution in [0, 0.1) is 3.57 Å². The molecule has 17 heavy (non-hydrogen) atoms. The number of anilines is 1. The lowest BCUT2D eigenvalue weighted by molar-refractivity contribution is 0.579. The van der Waals surface area contributed by atoms with Crippen LogP contribution in [0.15, 0.2) is 24.3 Å². The van der Waals surface area contributed by atoms with E-state index < -0.39 is 9.84 Å². The minimum atomic E-state index is -2.95. The van der Waals surface area contributed by atoms with Crippen LogP contribution in [0.4, 0.5) is 5.69 Å². The van der Waals surface area contributed by atoms with Crippen LogP contribution < -0.4 is 5.32 Å². The van der Waals surface area contributed by atoms with Gasteiger partial charge in [0.2, 0.25) is 0 Å². The molecule has 0 bridgehead atoms. The SMILES string of the molecule is CS(=O)(=O)C1CCCC1Nc1cccc(I)c1. The van der Waals surface area contributed by atoms with E-state index >= 15 is 0 Å². The lowest BCUT2D eigenvalue weighted by Gasteiger charge is -2.20. The number of hydrogen-bond acceptors (Lipinski definition) is 3. The van der Waals surface area contributed by atoms with Gasteiger partial charge in [-0.05, 0) is 60.1 Å². The Morgan fingerprint density at radius 1 is 1.35 bits per heavy atom. The molecule has 0 aromatic heterocycles. The largest absolute Gasteiger partial charge is 0.381 e. The quantitative estimate of drug-likeness (QED) is 0.838. The summed E-state index contributed by atoms with van der Waals surface area (Å²) in [5.74, 6) is 0. The highest BCUT2D eigenvalue weighted by molar-refractivity contribution is 14.1. The summed E-state index contributed by atoms with van der Waals surface area (Å²) in [6, 6.07) is 8.09. The van der Waals surface area contributed by atoms with Gasteiger partial charge in [-0.25, -0.2) is 8.42 Å². The summed E-state index contributed by atoms with van der Waals surface area (Å²) >= 11 is 2.26. The molecule has 1 saturated carbocycles. The van der Waals surface area contributed by atoms with Crippen molar-refractivity contribution in [2.75, 3.05) is 11.6 Å². The highest BCUT2D eigenvalue weighted by atomic mass is 127. The van der Waals surface area contributed by atoms with Crippen LogP contribution in [0.2, 0.25) is 0 Å². The maximum absolute atomic E-state index is 11.7. The van der Waals surface area contributed by atoms with E-state index in [9.17, 15) is 8.42 Å². The monoisotopic (exact) mass is 365 g/mol. The second-order valence-corrected chi connectivity index (χ2v) is 8.07. The summed E-state index contributed by atoms with van der Waals surface area (Å²) in [6.45, 7) is 0. The molecule has 0 aliphatic heterocycles. The van der Waals surface area contributed by atoms with E-state index in [4.69, 9.17) is 0 Å². The molecular weight excluding hydrogens is 349 g/mol. The fraction of sp³-hybridized carbons (Fsp3) is 0.500. The van der Waals surface area contributed by atoms with Gasteiger partial charge in [-0.1, -0.05) is 6.07 Å². The third-order valence-corrected chi connectivity index (χ3v) is 5.51. The predicted octanol–water partition coefficient (Wildman–Crippen LogP) is 2.67. The van der Waals surface area contributed by atoms with Crippen molar-refractivity contribution in [3.63, 3.8) is 0 Å². The van der Waals surface area contributed by atoms with Crippen LogP contribution in [0.5, 0.6) is 0 Å². The zero-order valence-corrected chi connectivity index (χ0v) is 12.7. The van der Waals surface area contributed by atoms with Crippen LogP contribution in [0.25, 0.3) is 0 Å². The van der Waals surface area contributed by atoms with Crippen LogP contribution >= 0.6 is 22.6 Å². The molecule has 0 radical (unpaired) electrons. The molecule has 1 N–H and O–H groups in total. The minimum Gasteiger partial charge on any atom is -0.381 e. The molecule has 0 heterocycles. The molecule has 0 spiro atoms. The van der Waals surface area contributed by atoms with Crippen LogP contribution in [-0.2, 0) is 9.84 Å². The van der Waals surface area contributed by atoms with Crippen molar-refractivity contribution in [2.45, 2.75) is 30.6 Å². The van der Waals surface area contributed by atoms with Gasteiger partial charge in [0.1, 0.15) is 0 Å². The Hall–Kier alpha value is -0.300. The number of sulfone groups is 1. The maximum Gasteiger partial charge on any atom is 0.152 e. The number of benzene rings is 1. The summed E-state index contributed by atoms with van der Waals surface area (Å²) in [6.07, 6.45) is 4.04. The highest BCUT2D eigenvalue weighted by Crippen LogP contribution is 2.28. The second-order valence-electron chi connectivity index (χ2n) is 4.56. The molecular formula is C12H16INO2S. The van der Waals surface area contributed by atoms with Crippen molar-refractivity contribution in [3.05, 3.63) is 27.8 Å². The average Bonchev–Trinajstić information content (AvgIpc) is 2.65. The minimum absolute atomic E-state index is 0.0585. The molecule has 1 fully saturated rings. The number of halogens is 1. The molecule has 1 aliphatic carbocycles. The molecule has 1 aromatic carbocycles. The molecule has 2 rings (SSSR count). The summed E-state index contributed by atoms with van der Waals surface area (Å²) in [5, 5.41) is 3.12. The van der Waals surface area contributed by atoms with E-state index in [2.05, 4.69) is 27.9 Å². The molecule has 3 nitrogen and oxygen atoms in total. The van der Waals surface area contributed by atoms with Gasteiger partial charge in [0, 0.05) is 21.6 Å². The fourth-order valence-electron chi connectivity index (χ4n) is 2.40. The topological polar surface area (TPSA) is 46.2 Å². The van der Waals surface area contributed by atoms with Crippen LogP contribution in [0.1, 0.15) is 19.3 Å². The lowest BCUT2D eigenvalue weighted by Crippen LogP contribution is -2.34. The Balaban J connectivity index is 2.13. The zero-order valence-electron chi connectivity index (χ0n) is 9.69. The van der Waals surface area contributed by atoms with Gasteiger partial charge in [0.15, 0.2) is 9.84 Å². The third-order valence-electron chi connectivity index (χ3n) is 3.18. The van der Waals surface area contributed by atoms with Crippen LogP contribution in [-0.4, -0.2) is 26.0 Å². The van der Waals surface area contributed by atoms with Gasteiger partial charge in [-0.15, -0.1) is 0 Å². The van der Waals surface area contributed by atoms with E-state index in [0.717, 1.165) is 28.5 Å². The molecule has 5 heteroatoms. The van der Waals surface area contributed by atoms with Gasteiger partial charge >= 0.3 is 0 Å². The predicted molar refractivity (Wildman–Crippen MR) is 79.1 cm³/mol. The first-order valence-corrected chi connectivity index (χ1v) is 8.71. The molecule has 0 amide bonds. The lowest BCUT2D eigenvalue weighted by atomic mass is 10.2.